The Labute approximate surface area is 134 Å². The summed E-state index contributed by atoms with van der Waals surface area (Å²) < 4.78 is 1.80. The Bertz CT molecular complexity index is 732. The molecular weight excluding hydrogens is 300 g/mol. The van der Waals surface area contributed by atoms with E-state index in [1.807, 2.05) is 26.4 Å². The van der Waals surface area contributed by atoms with Gasteiger partial charge in [-0.15, -0.1) is 0 Å². The predicted octanol–water partition coefficient (Wildman–Crippen LogP) is 2.34. The Balaban J connectivity index is 1.73. The molecule has 1 fully saturated rings. The molecule has 3 rings (SSSR count). The third-order valence-electron chi connectivity index (χ3n) is 3.97. The Hall–Kier alpha value is -2.26. The molecule has 7 heteroatoms. The van der Waals surface area contributed by atoms with Crippen LogP contribution in [0.15, 0.2) is 18.6 Å². The number of pyridine rings is 1. The molecule has 1 saturated heterocycles. The maximum atomic E-state index is 9.32. The van der Waals surface area contributed by atoms with Crippen molar-refractivity contribution in [3.8, 4) is 6.07 Å². The predicted molar refractivity (Wildman–Crippen MR) is 86.1 cm³/mol. The van der Waals surface area contributed by atoms with Gasteiger partial charge in [0.2, 0.25) is 0 Å². The molecule has 0 aliphatic carbocycles. The summed E-state index contributed by atoms with van der Waals surface area (Å²) in [6.07, 6.45) is 6.46. The van der Waals surface area contributed by atoms with Gasteiger partial charge in [0.15, 0.2) is 0 Å². The second-order valence-electron chi connectivity index (χ2n) is 5.51. The van der Waals surface area contributed by atoms with E-state index in [4.69, 9.17) is 11.6 Å². The first-order chi connectivity index (χ1) is 10.6. The van der Waals surface area contributed by atoms with Crippen molar-refractivity contribution in [2.45, 2.75) is 19.4 Å². The first kappa shape index (κ1) is 14.7. The summed E-state index contributed by atoms with van der Waals surface area (Å²) in [5, 5.41) is 17.4. The quantitative estimate of drug-likeness (QED) is 0.941. The summed E-state index contributed by atoms with van der Waals surface area (Å²) in [5.74, 6) is 0.613. The first-order valence-corrected chi connectivity index (χ1v) is 7.51. The molecule has 1 aliphatic rings. The Morgan fingerprint density at radius 2 is 2.27 bits per heavy atom. The molecule has 0 saturated carbocycles. The lowest BCUT2D eigenvalue weighted by Gasteiger charge is -2.18. The van der Waals surface area contributed by atoms with Crippen molar-refractivity contribution in [3.05, 3.63) is 34.7 Å². The summed E-state index contributed by atoms with van der Waals surface area (Å²) in [6, 6.07) is 2.44. The van der Waals surface area contributed by atoms with Crippen LogP contribution in [-0.2, 0) is 7.05 Å². The van der Waals surface area contributed by atoms with E-state index in [0.717, 1.165) is 30.8 Å². The Morgan fingerprint density at radius 1 is 1.45 bits per heavy atom. The lowest BCUT2D eigenvalue weighted by atomic mass is 10.1. The molecule has 0 bridgehead atoms. The van der Waals surface area contributed by atoms with Gasteiger partial charge in [0.25, 0.3) is 0 Å². The molecule has 6 nitrogen and oxygen atoms in total. The highest BCUT2D eigenvalue weighted by Gasteiger charge is 2.24. The molecule has 0 spiro atoms. The van der Waals surface area contributed by atoms with E-state index < -0.39 is 0 Å². The molecule has 22 heavy (non-hydrogen) atoms. The first-order valence-electron chi connectivity index (χ1n) is 7.14. The van der Waals surface area contributed by atoms with Crippen LogP contribution in [0.3, 0.4) is 0 Å². The Kier molecular flexibility index (Phi) is 3.90. The summed E-state index contributed by atoms with van der Waals surface area (Å²) in [6.45, 7) is 3.65. The number of aromatic nitrogens is 3. The van der Waals surface area contributed by atoms with Gasteiger partial charge in [0.05, 0.1) is 22.5 Å². The van der Waals surface area contributed by atoms with E-state index in [9.17, 15) is 5.26 Å². The molecule has 0 amide bonds. The van der Waals surface area contributed by atoms with Crippen LogP contribution in [0.25, 0.3) is 0 Å². The zero-order valence-corrected chi connectivity index (χ0v) is 13.3. The van der Waals surface area contributed by atoms with Gasteiger partial charge in [-0.1, -0.05) is 11.6 Å². The zero-order valence-electron chi connectivity index (χ0n) is 12.5. The lowest BCUT2D eigenvalue weighted by molar-refractivity contribution is 0.767. The molecule has 1 unspecified atom stereocenters. The molecule has 0 aromatic carbocycles. The van der Waals surface area contributed by atoms with E-state index in [1.54, 1.807) is 10.9 Å². The topological polar surface area (TPSA) is 69.8 Å². The number of nitriles is 1. The average Bonchev–Trinajstić information content (AvgIpc) is 3.12. The molecular formula is C15H17ClN6. The second kappa shape index (κ2) is 5.85. The van der Waals surface area contributed by atoms with Gasteiger partial charge in [0.1, 0.15) is 11.9 Å². The number of aryl methyl sites for hydroxylation is 1. The number of nitrogens with zero attached hydrogens (tertiary/aromatic N) is 5. The summed E-state index contributed by atoms with van der Waals surface area (Å²) in [7, 11) is 1.91. The molecule has 1 aliphatic heterocycles. The SMILES string of the molecule is Cc1c(Cl)cnc(NC2CCN(c3cnn(C)c3)C2)c1C#N. The normalized spacial score (nSPS) is 17.5. The number of anilines is 2. The van der Waals surface area contributed by atoms with Gasteiger partial charge in [-0.25, -0.2) is 4.98 Å². The maximum Gasteiger partial charge on any atom is 0.144 e. The van der Waals surface area contributed by atoms with Gasteiger partial charge >= 0.3 is 0 Å². The van der Waals surface area contributed by atoms with Crippen LogP contribution < -0.4 is 10.2 Å². The summed E-state index contributed by atoms with van der Waals surface area (Å²) >= 11 is 6.03. The van der Waals surface area contributed by atoms with E-state index in [1.165, 1.54) is 0 Å². The van der Waals surface area contributed by atoms with E-state index in [0.29, 0.717) is 16.4 Å². The lowest BCUT2D eigenvalue weighted by Crippen LogP contribution is -2.26. The van der Waals surface area contributed by atoms with Gasteiger partial charge in [-0.05, 0) is 18.9 Å². The largest absolute Gasteiger partial charge is 0.367 e. The zero-order chi connectivity index (χ0) is 15.7. The molecule has 1 atom stereocenters. The van der Waals surface area contributed by atoms with Gasteiger partial charge in [0, 0.05) is 38.6 Å². The highest BCUT2D eigenvalue weighted by Crippen LogP contribution is 2.26. The molecule has 0 radical (unpaired) electrons. The smallest absolute Gasteiger partial charge is 0.144 e. The molecule has 3 heterocycles. The van der Waals surface area contributed by atoms with Gasteiger partial charge < -0.3 is 10.2 Å². The second-order valence-corrected chi connectivity index (χ2v) is 5.92. The maximum absolute atomic E-state index is 9.32. The molecule has 2 aromatic rings. The highest BCUT2D eigenvalue weighted by molar-refractivity contribution is 6.31. The van der Waals surface area contributed by atoms with Crippen molar-refractivity contribution in [1.82, 2.24) is 14.8 Å². The fourth-order valence-corrected chi connectivity index (χ4v) is 2.85. The molecule has 1 N–H and O–H groups in total. The minimum atomic E-state index is 0.250. The summed E-state index contributed by atoms with van der Waals surface area (Å²) in [4.78, 5) is 6.55. The number of nitrogens with one attached hydrogen (secondary N) is 1. The van der Waals surface area contributed by atoms with Crippen LogP contribution in [-0.4, -0.2) is 33.9 Å². The van der Waals surface area contributed by atoms with E-state index in [2.05, 4.69) is 26.4 Å². The number of halogens is 1. The van der Waals surface area contributed by atoms with E-state index in [-0.39, 0.29) is 6.04 Å². The average molecular weight is 317 g/mol. The van der Waals surface area contributed by atoms with Crippen molar-refractivity contribution in [2.75, 3.05) is 23.3 Å². The van der Waals surface area contributed by atoms with E-state index >= 15 is 0 Å². The van der Waals surface area contributed by atoms with Crippen LogP contribution in [0.4, 0.5) is 11.5 Å². The fourth-order valence-electron chi connectivity index (χ4n) is 2.70. The number of rotatable bonds is 3. The summed E-state index contributed by atoms with van der Waals surface area (Å²) in [5.41, 5.74) is 2.41. The molecule has 2 aromatic heterocycles. The monoisotopic (exact) mass is 316 g/mol. The van der Waals surface area contributed by atoms with Crippen molar-refractivity contribution < 1.29 is 0 Å². The van der Waals surface area contributed by atoms with Gasteiger partial charge in [-0.2, -0.15) is 10.4 Å². The van der Waals surface area contributed by atoms with Crippen LogP contribution >= 0.6 is 11.6 Å². The minimum absolute atomic E-state index is 0.250. The highest BCUT2D eigenvalue weighted by atomic mass is 35.5. The van der Waals surface area contributed by atoms with Crippen LogP contribution in [0.1, 0.15) is 17.5 Å². The van der Waals surface area contributed by atoms with Crippen molar-refractivity contribution in [3.63, 3.8) is 0 Å². The fraction of sp³-hybridized carbons (Fsp3) is 0.400. The van der Waals surface area contributed by atoms with Crippen LogP contribution in [0.2, 0.25) is 5.02 Å². The van der Waals surface area contributed by atoms with Crippen LogP contribution in [0.5, 0.6) is 0 Å². The third kappa shape index (κ3) is 2.72. The van der Waals surface area contributed by atoms with Gasteiger partial charge in [-0.3, -0.25) is 4.68 Å². The van der Waals surface area contributed by atoms with Crippen molar-refractivity contribution >= 4 is 23.1 Å². The third-order valence-corrected chi connectivity index (χ3v) is 4.36. The minimum Gasteiger partial charge on any atom is -0.367 e. The number of hydrogen-bond acceptors (Lipinski definition) is 5. The van der Waals surface area contributed by atoms with Crippen molar-refractivity contribution in [1.29, 1.82) is 5.26 Å². The van der Waals surface area contributed by atoms with Crippen molar-refractivity contribution in [2.24, 2.45) is 7.05 Å². The van der Waals surface area contributed by atoms with Crippen LogP contribution in [0, 0.1) is 18.3 Å². The Morgan fingerprint density at radius 3 is 2.95 bits per heavy atom. The standard InChI is InChI=1S/C15H17ClN6/c1-10-13(5-17)15(18-7-14(10)16)20-11-3-4-22(8-11)12-6-19-21(2)9-12/h6-7,9,11H,3-4,8H2,1-2H3,(H,18,20). The molecule has 114 valence electrons. The number of hydrogen-bond donors (Lipinski definition) is 1.